The minimum absolute atomic E-state index is 0.289. The number of nitrogens with zero attached hydrogens (tertiary/aromatic N) is 1. The monoisotopic (exact) mass is 154 g/mol. The molecule has 0 aliphatic rings. The van der Waals surface area contributed by atoms with Gasteiger partial charge in [0.2, 0.25) is 0 Å². The van der Waals surface area contributed by atoms with E-state index in [1.807, 2.05) is 0 Å². The van der Waals surface area contributed by atoms with Crippen molar-refractivity contribution in [1.82, 2.24) is 5.32 Å². The molecule has 0 radical (unpaired) electrons. The molecule has 0 saturated heterocycles. The van der Waals surface area contributed by atoms with Crippen molar-refractivity contribution in [2.75, 3.05) is 13.1 Å². The van der Waals surface area contributed by atoms with Gasteiger partial charge in [0.05, 0.1) is 12.6 Å². The fraction of sp³-hybridized carbons (Fsp3) is 0.889. The predicted molar refractivity (Wildman–Crippen MR) is 47.1 cm³/mol. The van der Waals surface area contributed by atoms with Crippen LogP contribution in [0.2, 0.25) is 0 Å². The normalized spacial score (nSPS) is 11.6. The number of nitrogens with one attached hydrogen (secondary N) is 1. The van der Waals surface area contributed by atoms with E-state index in [1.54, 1.807) is 0 Å². The van der Waals surface area contributed by atoms with Gasteiger partial charge in [0.15, 0.2) is 0 Å². The van der Waals surface area contributed by atoms with Crippen molar-refractivity contribution >= 4 is 0 Å². The summed E-state index contributed by atoms with van der Waals surface area (Å²) in [6.07, 6.45) is 0. The topological polar surface area (TPSA) is 35.8 Å². The van der Waals surface area contributed by atoms with Gasteiger partial charge in [-0.2, -0.15) is 5.26 Å². The van der Waals surface area contributed by atoms with E-state index in [9.17, 15) is 0 Å². The second kappa shape index (κ2) is 4.35. The third kappa shape index (κ3) is 4.00. The van der Waals surface area contributed by atoms with Gasteiger partial charge < -0.3 is 5.32 Å². The summed E-state index contributed by atoms with van der Waals surface area (Å²) in [5, 5.41) is 11.4. The number of rotatable bonds is 4. The Labute approximate surface area is 69.6 Å². The van der Waals surface area contributed by atoms with Crippen molar-refractivity contribution in [2.24, 2.45) is 11.3 Å². The number of hydrogen-bond acceptors (Lipinski definition) is 2. The zero-order chi connectivity index (χ0) is 8.91. The second-order valence-electron chi connectivity index (χ2n) is 3.90. The molecule has 2 heteroatoms. The van der Waals surface area contributed by atoms with E-state index < -0.39 is 0 Å². The van der Waals surface area contributed by atoms with E-state index in [4.69, 9.17) is 5.26 Å². The van der Waals surface area contributed by atoms with Gasteiger partial charge in [-0.3, -0.25) is 0 Å². The summed E-state index contributed by atoms with van der Waals surface area (Å²) in [4.78, 5) is 0. The molecule has 2 nitrogen and oxygen atoms in total. The fourth-order valence-electron chi connectivity index (χ4n) is 0.645. The molecule has 0 rings (SSSR count). The van der Waals surface area contributed by atoms with Gasteiger partial charge in [-0.05, 0) is 11.3 Å². The van der Waals surface area contributed by atoms with Gasteiger partial charge in [-0.15, -0.1) is 0 Å². The third-order valence-electron chi connectivity index (χ3n) is 2.35. The molecule has 0 amide bonds. The molecule has 0 fully saturated rings. The van der Waals surface area contributed by atoms with Crippen LogP contribution in [0.5, 0.6) is 0 Å². The lowest BCUT2D eigenvalue weighted by Gasteiger charge is -2.28. The Kier molecular flexibility index (Phi) is 4.14. The van der Waals surface area contributed by atoms with Crippen LogP contribution in [-0.4, -0.2) is 13.1 Å². The molecule has 0 saturated carbocycles. The summed E-state index contributed by atoms with van der Waals surface area (Å²) in [5.41, 5.74) is 0.289. The van der Waals surface area contributed by atoms with E-state index in [-0.39, 0.29) is 5.41 Å². The SMILES string of the molecule is CC(C)C(C)(C)CNCC#N. The highest BCUT2D eigenvalue weighted by molar-refractivity contribution is 4.79. The summed E-state index contributed by atoms with van der Waals surface area (Å²) in [5.74, 6) is 0.647. The maximum absolute atomic E-state index is 8.29. The van der Waals surface area contributed by atoms with Crippen LogP contribution in [0.15, 0.2) is 0 Å². The van der Waals surface area contributed by atoms with Gasteiger partial charge >= 0.3 is 0 Å². The highest BCUT2D eigenvalue weighted by Gasteiger charge is 2.21. The summed E-state index contributed by atoms with van der Waals surface area (Å²) < 4.78 is 0. The molecule has 0 aliphatic carbocycles. The smallest absolute Gasteiger partial charge is 0.0841 e. The predicted octanol–water partition coefficient (Wildman–Crippen LogP) is 1.78. The van der Waals surface area contributed by atoms with E-state index in [0.717, 1.165) is 6.54 Å². The zero-order valence-corrected chi connectivity index (χ0v) is 7.94. The molecule has 0 aromatic carbocycles. The highest BCUT2D eigenvalue weighted by atomic mass is 14.9. The lowest BCUT2D eigenvalue weighted by atomic mass is 9.81. The average Bonchev–Trinajstić information content (AvgIpc) is 1.88. The first-order valence-corrected chi connectivity index (χ1v) is 4.08. The van der Waals surface area contributed by atoms with Crippen LogP contribution in [0.1, 0.15) is 27.7 Å². The van der Waals surface area contributed by atoms with Crippen molar-refractivity contribution in [3.8, 4) is 6.07 Å². The van der Waals surface area contributed by atoms with Crippen molar-refractivity contribution < 1.29 is 0 Å². The first kappa shape index (κ1) is 10.4. The Morgan fingerprint density at radius 1 is 1.45 bits per heavy atom. The second-order valence-corrected chi connectivity index (χ2v) is 3.90. The van der Waals surface area contributed by atoms with Crippen LogP contribution in [-0.2, 0) is 0 Å². The Balaban J connectivity index is 3.66. The molecule has 0 unspecified atom stereocenters. The minimum Gasteiger partial charge on any atom is -0.304 e. The van der Waals surface area contributed by atoms with E-state index in [2.05, 4.69) is 39.1 Å². The van der Waals surface area contributed by atoms with Crippen LogP contribution in [0.25, 0.3) is 0 Å². The van der Waals surface area contributed by atoms with Crippen molar-refractivity contribution in [2.45, 2.75) is 27.7 Å². The maximum atomic E-state index is 8.29. The van der Waals surface area contributed by atoms with Gasteiger partial charge in [-0.1, -0.05) is 27.7 Å². The van der Waals surface area contributed by atoms with E-state index in [1.165, 1.54) is 0 Å². The lowest BCUT2D eigenvalue weighted by Crippen LogP contribution is -2.33. The highest BCUT2D eigenvalue weighted by Crippen LogP contribution is 2.24. The van der Waals surface area contributed by atoms with Gasteiger partial charge in [0, 0.05) is 6.54 Å². The zero-order valence-electron chi connectivity index (χ0n) is 7.94. The molecule has 0 heterocycles. The molecule has 64 valence electrons. The largest absolute Gasteiger partial charge is 0.304 e. The molecular formula is C9H18N2. The lowest BCUT2D eigenvalue weighted by molar-refractivity contribution is 0.242. The first-order valence-electron chi connectivity index (χ1n) is 4.08. The van der Waals surface area contributed by atoms with Crippen LogP contribution in [0.3, 0.4) is 0 Å². The van der Waals surface area contributed by atoms with Gasteiger partial charge in [0.25, 0.3) is 0 Å². The summed E-state index contributed by atoms with van der Waals surface area (Å²) in [6.45, 7) is 10.2. The van der Waals surface area contributed by atoms with E-state index >= 15 is 0 Å². The summed E-state index contributed by atoms with van der Waals surface area (Å²) >= 11 is 0. The van der Waals surface area contributed by atoms with Crippen LogP contribution >= 0.6 is 0 Å². The van der Waals surface area contributed by atoms with Crippen LogP contribution in [0, 0.1) is 22.7 Å². The molecule has 11 heavy (non-hydrogen) atoms. The Bertz CT molecular complexity index is 142. The summed E-state index contributed by atoms with van der Waals surface area (Å²) in [7, 11) is 0. The Hall–Kier alpha value is -0.550. The van der Waals surface area contributed by atoms with Crippen molar-refractivity contribution in [3.63, 3.8) is 0 Å². The first-order chi connectivity index (χ1) is 5.00. The summed E-state index contributed by atoms with van der Waals surface area (Å²) in [6, 6.07) is 2.07. The van der Waals surface area contributed by atoms with Crippen LogP contribution < -0.4 is 5.32 Å². The fourth-order valence-corrected chi connectivity index (χ4v) is 0.645. The van der Waals surface area contributed by atoms with Gasteiger partial charge in [0.1, 0.15) is 0 Å². The van der Waals surface area contributed by atoms with Gasteiger partial charge in [-0.25, -0.2) is 0 Å². The third-order valence-corrected chi connectivity index (χ3v) is 2.35. The number of hydrogen-bond donors (Lipinski definition) is 1. The van der Waals surface area contributed by atoms with Crippen LogP contribution in [0.4, 0.5) is 0 Å². The molecule has 0 aromatic rings. The Morgan fingerprint density at radius 2 is 2.00 bits per heavy atom. The molecular weight excluding hydrogens is 136 g/mol. The minimum atomic E-state index is 0.289. The molecule has 0 bridgehead atoms. The molecule has 0 aromatic heterocycles. The average molecular weight is 154 g/mol. The quantitative estimate of drug-likeness (QED) is 0.495. The van der Waals surface area contributed by atoms with Crippen molar-refractivity contribution in [3.05, 3.63) is 0 Å². The molecule has 0 spiro atoms. The van der Waals surface area contributed by atoms with Crippen molar-refractivity contribution in [1.29, 1.82) is 5.26 Å². The Morgan fingerprint density at radius 3 is 2.36 bits per heavy atom. The standard InChI is InChI=1S/C9H18N2/c1-8(2)9(3,4)7-11-6-5-10/h8,11H,6-7H2,1-4H3. The number of nitriles is 1. The molecule has 1 N–H and O–H groups in total. The molecule has 0 atom stereocenters. The molecule has 0 aliphatic heterocycles. The maximum Gasteiger partial charge on any atom is 0.0841 e. The van der Waals surface area contributed by atoms with E-state index in [0.29, 0.717) is 12.5 Å².